The molecule has 0 bridgehead atoms. The SMILES string of the molecule is O=C1ON=C(c2ccccc2)/C1=C\O. The number of nitrogens with zero attached hydrogens (tertiary/aromatic N) is 1. The Hall–Kier alpha value is -2.10. The van der Waals surface area contributed by atoms with Crippen molar-refractivity contribution < 1.29 is 14.7 Å². The van der Waals surface area contributed by atoms with Gasteiger partial charge >= 0.3 is 5.97 Å². The van der Waals surface area contributed by atoms with Gasteiger partial charge < -0.3 is 9.94 Å². The summed E-state index contributed by atoms with van der Waals surface area (Å²) < 4.78 is 0. The summed E-state index contributed by atoms with van der Waals surface area (Å²) in [6, 6.07) is 9.05. The summed E-state index contributed by atoms with van der Waals surface area (Å²) >= 11 is 0. The Bertz CT molecular complexity index is 420. The molecule has 1 aromatic carbocycles. The van der Waals surface area contributed by atoms with E-state index < -0.39 is 5.97 Å². The van der Waals surface area contributed by atoms with E-state index in [0.717, 1.165) is 5.56 Å². The van der Waals surface area contributed by atoms with Gasteiger partial charge in [-0.3, -0.25) is 0 Å². The van der Waals surface area contributed by atoms with Gasteiger partial charge in [0.1, 0.15) is 11.3 Å². The second-order valence-electron chi connectivity index (χ2n) is 2.73. The van der Waals surface area contributed by atoms with Crippen molar-refractivity contribution in [1.82, 2.24) is 0 Å². The lowest BCUT2D eigenvalue weighted by atomic mass is 10.0. The van der Waals surface area contributed by atoms with Crippen molar-refractivity contribution in [1.29, 1.82) is 0 Å². The molecule has 0 atom stereocenters. The molecule has 0 aliphatic carbocycles. The smallest absolute Gasteiger partial charge is 0.371 e. The topological polar surface area (TPSA) is 58.9 Å². The van der Waals surface area contributed by atoms with Crippen molar-refractivity contribution in [2.45, 2.75) is 0 Å². The minimum Gasteiger partial charge on any atom is -0.515 e. The summed E-state index contributed by atoms with van der Waals surface area (Å²) in [5.74, 6) is -0.633. The molecule has 2 rings (SSSR count). The van der Waals surface area contributed by atoms with Gasteiger partial charge in [0.25, 0.3) is 0 Å². The monoisotopic (exact) mass is 189 g/mol. The molecule has 1 aromatic rings. The highest BCUT2D eigenvalue weighted by Crippen LogP contribution is 2.16. The van der Waals surface area contributed by atoms with E-state index in [-0.39, 0.29) is 5.57 Å². The van der Waals surface area contributed by atoms with Gasteiger partial charge in [-0.05, 0) is 0 Å². The number of aliphatic hydroxyl groups is 1. The van der Waals surface area contributed by atoms with Crippen molar-refractivity contribution in [2.75, 3.05) is 0 Å². The second-order valence-corrected chi connectivity index (χ2v) is 2.73. The third-order valence-electron chi connectivity index (χ3n) is 1.87. The molecule has 4 heteroatoms. The van der Waals surface area contributed by atoms with Crippen LogP contribution < -0.4 is 0 Å². The molecule has 0 radical (unpaired) electrons. The highest BCUT2D eigenvalue weighted by atomic mass is 16.7. The van der Waals surface area contributed by atoms with Crippen LogP contribution in [-0.2, 0) is 9.63 Å². The van der Waals surface area contributed by atoms with E-state index in [0.29, 0.717) is 12.0 Å². The molecule has 0 unspecified atom stereocenters. The zero-order chi connectivity index (χ0) is 9.97. The molecule has 0 spiro atoms. The Morgan fingerprint density at radius 3 is 2.64 bits per heavy atom. The van der Waals surface area contributed by atoms with Crippen LogP contribution in [0.5, 0.6) is 0 Å². The van der Waals surface area contributed by atoms with E-state index in [1.807, 2.05) is 18.2 Å². The molecule has 4 nitrogen and oxygen atoms in total. The predicted octanol–water partition coefficient (Wildman–Crippen LogP) is 1.39. The first-order valence-corrected chi connectivity index (χ1v) is 4.02. The van der Waals surface area contributed by atoms with Crippen LogP contribution >= 0.6 is 0 Å². The maximum absolute atomic E-state index is 11.0. The number of hydrogen-bond acceptors (Lipinski definition) is 4. The molecule has 14 heavy (non-hydrogen) atoms. The first kappa shape index (κ1) is 8.50. The highest BCUT2D eigenvalue weighted by Gasteiger charge is 2.26. The quantitative estimate of drug-likeness (QED) is 0.412. The molecule has 1 aliphatic rings. The third kappa shape index (κ3) is 1.26. The van der Waals surface area contributed by atoms with Crippen molar-refractivity contribution in [3.63, 3.8) is 0 Å². The molecule has 0 amide bonds. The average molecular weight is 189 g/mol. The summed E-state index contributed by atoms with van der Waals surface area (Å²) in [7, 11) is 0. The summed E-state index contributed by atoms with van der Waals surface area (Å²) in [6.07, 6.45) is 0.709. The van der Waals surface area contributed by atoms with Crippen LogP contribution in [-0.4, -0.2) is 16.8 Å². The van der Waals surface area contributed by atoms with Crippen molar-refractivity contribution >= 4 is 11.7 Å². The molecule has 1 aliphatic heterocycles. The van der Waals surface area contributed by atoms with Gasteiger partial charge in [0.2, 0.25) is 0 Å². The number of benzene rings is 1. The van der Waals surface area contributed by atoms with Gasteiger partial charge in [-0.1, -0.05) is 35.5 Å². The largest absolute Gasteiger partial charge is 0.515 e. The lowest BCUT2D eigenvalue weighted by molar-refractivity contribution is -0.136. The number of oxime groups is 1. The van der Waals surface area contributed by atoms with Crippen molar-refractivity contribution in [3.05, 3.63) is 47.7 Å². The van der Waals surface area contributed by atoms with Gasteiger partial charge in [0.15, 0.2) is 0 Å². The Labute approximate surface area is 80.1 Å². The lowest BCUT2D eigenvalue weighted by Crippen LogP contribution is -2.06. The minimum absolute atomic E-state index is 0.0798. The number of rotatable bonds is 1. The molecule has 0 saturated heterocycles. The number of hydrogen-bond donors (Lipinski definition) is 1. The summed E-state index contributed by atoms with van der Waals surface area (Å²) in [4.78, 5) is 15.5. The average Bonchev–Trinajstić information content (AvgIpc) is 2.61. The van der Waals surface area contributed by atoms with E-state index >= 15 is 0 Å². The Kier molecular flexibility index (Phi) is 2.02. The van der Waals surface area contributed by atoms with Gasteiger partial charge in [-0.25, -0.2) is 4.79 Å². The maximum atomic E-state index is 11.0. The molecule has 0 saturated carbocycles. The normalized spacial score (nSPS) is 18.1. The molecule has 1 N–H and O–H groups in total. The van der Waals surface area contributed by atoms with Gasteiger partial charge in [0, 0.05) is 5.56 Å². The fourth-order valence-electron chi connectivity index (χ4n) is 1.20. The standard InChI is InChI=1S/C10H7NO3/c12-6-8-9(11-14-10(8)13)7-4-2-1-3-5-7/h1-6,12H/b8-6+. The zero-order valence-corrected chi connectivity index (χ0v) is 7.18. The van der Waals surface area contributed by atoms with E-state index in [1.165, 1.54) is 0 Å². The minimum atomic E-state index is -0.633. The Balaban J connectivity index is 2.42. The van der Waals surface area contributed by atoms with Crippen LogP contribution in [0.25, 0.3) is 0 Å². The number of carbonyl (C=O) groups is 1. The first-order valence-electron chi connectivity index (χ1n) is 4.02. The zero-order valence-electron chi connectivity index (χ0n) is 7.18. The third-order valence-corrected chi connectivity index (χ3v) is 1.87. The summed E-state index contributed by atoms with van der Waals surface area (Å²) in [5.41, 5.74) is 1.17. The van der Waals surface area contributed by atoms with E-state index in [1.54, 1.807) is 12.1 Å². The lowest BCUT2D eigenvalue weighted by Gasteiger charge is -1.96. The van der Waals surface area contributed by atoms with E-state index in [4.69, 9.17) is 5.11 Å². The second kappa shape index (κ2) is 3.33. The van der Waals surface area contributed by atoms with Crippen LogP contribution in [0.3, 0.4) is 0 Å². The maximum Gasteiger partial charge on any atom is 0.371 e. The Morgan fingerprint density at radius 1 is 1.29 bits per heavy atom. The van der Waals surface area contributed by atoms with Crippen LogP contribution in [0.15, 0.2) is 47.3 Å². The number of carbonyl (C=O) groups excluding carboxylic acids is 1. The van der Waals surface area contributed by atoms with Crippen molar-refractivity contribution in [3.8, 4) is 0 Å². The van der Waals surface area contributed by atoms with Gasteiger partial charge in [-0.15, -0.1) is 0 Å². The first-order chi connectivity index (χ1) is 6.83. The predicted molar refractivity (Wildman–Crippen MR) is 49.8 cm³/mol. The van der Waals surface area contributed by atoms with Gasteiger partial charge in [-0.2, -0.15) is 0 Å². The Morgan fingerprint density at radius 2 is 2.00 bits per heavy atom. The molecule has 1 heterocycles. The summed E-state index contributed by atoms with van der Waals surface area (Å²) in [5, 5.41) is 12.4. The van der Waals surface area contributed by atoms with E-state index in [2.05, 4.69) is 9.99 Å². The van der Waals surface area contributed by atoms with Crippen molar-refractivity contribution in [2.24, 2.45) is 5.16 Å². The summed E-state index contributed by atoms with van der Waals surface area (Å²) in [6.45, 7) is 0. The molecule has 70 valence electrons. The van der Waals surface area contributed by atoms with Crippen LogP contribution in [0.4, 0.5) is 0 Å². The molecular weight excluding hydrogens is 182 g/mol. The molecular formula is C10H7NO3. The molecule has 0 aromatic heterocycles. The number of aliphatic hydroxyl groups excluding tert-OH is 1. The fourth-order valence-corrected chi connectivity index (χ4v) is 1.20. The van der Waals surface area contributed by atoms with Crippen LogP contribution in [0.2, 0.25) is 0 Å². The fraction of sp³-hybridized carbons (Fsp3) is 0. The van der Waals surface area contributed by atoms with Crippen LogP contribution in [0.1, 0.15) is 5.56 Å². The molecule has 0 fully saturated rings. The van der Waals surface area contributed by atoms with E-state index in [9.17, 15) is 4.79 Å². The highest BCUT2D eigenvalue weighted by molar-refractivity contribution is 6.28. The van der Waals surface area contributed by atoms with Crippen LogP contribution in [0, 0.1) is 0 Å². The van der Waals surface area contributed by atoms with Gasteiger partial charge in [0.05, 0.1) is 6.26 Å².